The first kappa shape index (κ1) is 20.5. The van der Waals surface area contributed by atoms with Gasteiger partial charge in [0.1, 0.15) is 5.75 Å². The van der Waals surface area contributed by atoms with Crippen LogP contribution < -0.4 is 4.74 Å². The minimum Gasteiger partial charge on any atom is -0.497 e. The molecule has 0 bridgehead atoms. The lowest BCUT2D eigenvalue weighted by atomic mass is 10.00. The summed E-state index contributed by atoms with van der Waals surface area (Å²) >= 11 is 0. The smallest absolute Gasteiger partial charge is 0.335 e. The van der Waals surface area contributed by atoms with Crippen molar-refractivity contribution >= 4 is 11.9 Å². The number of methoxy groups -OCH3 is 1. The Balaban J connectivity index is 1.85. The minimum absolute atomic E-state index is 0.0248. The predicted molar refractivity (Wildman–Crippen MR) is 105 cm³/mol. The molecule has 2 aromatic carbocycles. The molecule has 0 aliphatic rings. The summed E-state index contributed by atoms with van der Waals surface area (Å²) in [6.45, 7) is 2.78. The van der Waals surface area contributed by atoms with Gasteiger partial charge in [-0.2, -0.15) is 0 Å². The maximum absolute atomic E-state index is 12.4. The van der Waals surface area contributed by atoms with Gasteiger partial charge < -0.3 is 14.7 Å². The second-order valence-electron chi connectivity index (χ2n) is 6.89. The summed E-state index contributed by atoms with van der Waals surface area (Å²) in [6, 6.07) is 14.8. The minimum atomic E-state index is -0.959. The first-order chi connectivity index (χ1) is 12.9. The quantitative estimate of drug-likeness (QED) is 0.732. The number of benzene rings is 2. The molecule has 0 heterocycles. The summed E-state index contributed by atoms with van der Waals surface area (Å²) in [7, 11) is 3.45. The number of hydrogen-bond donors (Lipinski definition) is 1. The van der Waals surface area contributed by atoms with Crippen LogP contribution >= 0.6 is 0 Å². The van der Waals surface area contributed by atoms with Crippen LogP contribution in [-0.2, 0) is 17.6 Å². The molecule has 0 fully saturated rings. The lowest BCUT2D eigenvalue weighted by Crippen LogP contribution is -2.31. The van der Waals surface area contributed by atoms with Crippen LogP contribution in [-0.4, -0.2) is 42.6 Å². The number of hydrogen-bond acceptors (Lipinski definition) is 3. The number of aromatic carboxylic acids is 1. The van der Waals surface area contributed by atoms with Gasteiger partial charge in [-0.15, -0.1) is 0 Å². The van der Waals surface area contributed by atoms with Gasteiger partial charge in [0.2, 0.25) is 5.91 Å². The van der Waals surface area contributed by atoms with Gasteiger partial charge in [0, 0.05) is 20.0 Å². The molecule has 0 aromatic heterocycles. The molecule has 27 heavy (non-hydrogen) atoms. The molecule has 1 amide bonds. The van der Waals surface area contributed by atoms with Gasteiger partial charge in [-0.05, 0) is 48.1 Å². The number of aryl methyl sites for hydroxylation is 1. The molecule has 0 spiro atoms. The van der Waals surface area contributed by atoms with Crippen molar-refractivity contribution in [2.24, 2.45) is 5.92 Å². The molecular formula is C22H27NO4. The van der Waals surface area contributed by atoms with Crippen LogP contribution in [0.5, 0.6) is 5.75 Å². The van der Waals surface area contributed by atoms with E-state index in [1.807, 2.05) is 24.3 Å². The zero-order valence-corrected chi connectivity index (χ0v) is 16.1. The van der Waals surface area contributed by atoms with Gasteiger partial charge in [-0.1, -0.05) is 37.3 Å². The number of carbonyl (C=O) groups excluding carboxylic acids is 1. The van der Waals surface area contributed by atoms with Crippen molar-refractivity contribution in [3.63, 3.8) is 0 Å². The summed E-state index contributed by atoms with van der Waals surface area (Å²) in [5.74, 6) is 0.218. The Morgan fingerprint density at radius 2 is 1.78 bits per heavy atom. The number of amides is 1. The van der Waals surface area contributed by atoms with Crippen molar-refractivity contribution in [3.8, 4) is 5.75 Å². The van der Waals surface area contributed by atoms with Crippen molar-refractivity contribution in [2.75, 3.05) is 20.7 Å². The van der Waals surface area contributed by atoms with Crippen LogP contribution in [0.15, 0.2) is 48.5 Å². The second-order valence-corrected chi connectivity index (χ2v) is 6.89. The molecule has 1 N–H and O–H groups in total. The Morgan fingerprint density at radius 1 is 1.11 bits per heavy atom. The zero-order valence-electron chi connectivity index (χ0n) is 16.1. The SMILES string of the molecule is COc1ccc(CC(C)CN(C)C(=O)CCc2ccccc2C(=O)O)cc1. The van der Waals surface area contributed by atoms with E-state index in [0.29, 0.717) is 30.9 Å². The molecule has 5 nitrogen and oxygen atoms in total. The van der Waals surface area contributed by atoms with Gasteiger partial charge >= 0.3 is 5.97 Å². The van der Waals surface area contributed by atoms with E-state index in [1.54, 1.807) is 43.3 Å². The fraction of sp³-hybridized carbons (Fsp3) is 0.364. The van der Waals surface area contributed by atoms with E-state index in [1.165, 1.54) is 5.56 Å². The highest BCUT2D eigenvalue weighted by atomic mass is 16.5. The summed E-state index contributed by atoms with van der Waals surface area (Å²) in [5.41, 5.74) is 2.17. The molecule has 0 saturated heterocycles. The normalized spacial score (nSPS) is 11.7. The summed E-state index contributed by atoms with van der Waals surface area (Å²) in [6.07, 6.45) is 1.61. The van der Waals surface area contributed by atoms with Gasteiger partial charge in [0.15, 0.2) is 0 Å². The maximum atomic E-state index is 12.4. The number of ether oxygens (including phenoxy) is 1. The molecule has 1 atom stereocenters. The number of carboxylic acids is 1. The monoisotopic (exact) mass is 369 g/mol. The van der Waals surface area contributed by atoms with E-state index in [-0.39, 0.29) is 11.5 Å². The van der Waals surface area contributed by atoms with Crippen molar-refractivity contribution in [2.45, 2.75) is 26.2 Å². The van der Waals surface area contributed by atoms with E-state index < -0.39 is 5.97 Å². The molecule has 0 saturated carbocycles. The molecule has 2 rings (SSSR count). The fourth-order valence-electron chi connectivity index (χ4n) is 3.18. The topological polar surface area (TPSA) is 66.8 Å². The van der Waals surface area contributed by atoms with Crippen LogP contribution in [0, 0.1) is 5.92 Å². The Kier molecular flexibility index (Phi) is 7.41. The zero-order chi connectivity index (χ0) is 19.8. The second kappa shape index (κ2) is 9.76. The predicted octanol–water partition coefficient (Wildman–Crippen LogP) is 3.66. The fourth-order valence-corrected chi connectivity index (χ4v) is 3.18. The third-order valence-corrected chi connectivity index (χ3v) is 4.61. The highest BCUT2D eigenvalue weighted by Crippen LogP contribution is 2.16. The Morgan fingerprint density at radius 3 is 2.41 bits per heavy atom. The highest BCUT2D eigenvalue weighted by molar-refractivity contribution is 5.89. The average molecular weight is 369 g/mol. The lowest BCUT2D eigenvalue weighted by Gasteiger charge is -2.22. The van der Waals surface area contributed by atoms with Crippen LogP contribution in [0.25, 0.3) is 0 Å². The van der Waals surface area contributed by atoms with Crippen molar-refractivity contribution in [1.82, 2.24) is 4.90 Å². The molecule has 0 radical (unpaired) electrons. The van der Waals surface area contributed by atoms with E-state index in [0.717, 1.165) is 12.2 Å². The van der Waals surface area contributed by atoms with Crippen LogP contribution in [0.2, 0.25) is 0 Å². The van der Waals surface area contributed by atoms with E-state index in [2.05, 4.69) is 6.92 Å². The molecule has 0 aliphatic heterocycles. The lowest BCUT2D eigenvalue weighted by molar-refractivity contribution is -0.130. The molecule has 144 valence electrons. The summed E-state index contributed by atoms with van der Waals surface area (Å²) in [5, 5.41) is 9.23. The van der Waals surface area contributed by atoms with Crippen LogP contribution in [0.4, 0.5) is 0 Å². The van der Waals surface area contributed by atoms with Gasteiger partial charge in [0.05, 0.1) is 12.7 Å². The number of carbonyl (C=O) groups is 2. The van der Waals surface area contributed by atoms with Crippen molar-refractivity contribution in [1.29, 1.82) is 0 Å². The van der Waals surface area contributed by atoms with E-state index >= 15 is 0 Å². The largest absolute Gasteiger partial charge is 0.497 e. The summed E-state index contributed by atoms with van der Waals surface area (Å²) < 4.78 is 5.17. The van der Waals surface area contributed by atoms with Crippen molar-refractivity contribution < 1.29 is 19.4 Å². The van der Waals surface area contributed by atoms with Crippen LogP contribution in [0.1, 0.15) is 34.8 Å². The number of rotatable bonds is 9. The van der Waals surface area contributed by atoms with E-state index in [4.69, 9.17) is 4.74 Å². The third kappa shape index (κ3) is 6.13. The number of nitrogens with zero attached hydrogens (tertiary/aromatic N) is 1. The molecule has 5 heteroatoms. The molecular weight excluding hydrogens is 342 g/mol. The number of carboxylic acid groups (broad SMARTS) is 1. The van der Waals surface area contributed by atoms with Gasteiger partial charge in [0.25, 0.3) is 0 Å². The third-order valence-electron chi connectivity index (χ3n) is 4.61. The average Bonchev–Trinajstić information content (AvgIpc) is 2.66. The Bertz CT molecular complexity index is 770. The molecule has 1 unspecified atom stereocenters. The van der Waals surface area contributed by atoms with Gasteiger partial charge in [-0.3, -0.25) is 4.79 Å². The first-order valence-corrected chi connectivity index (χ1v) is 9.08. The standard InChI is InChI=1S/C22H27NO4/c1-16(14-17-8-11-19(27-3)12-9-17)15-23(2)21(24)13-10-18-6-4-5-7-20(18)22(25)26/h4-9,11-12,16H,10,13-15H2,1-3H3,(H,25,26). The van der Waals surface area contributed by atoms with Crippen LogP contribution in [0.3, 0.4) is 0 Å². The van der Waals surface area contributed by atoms with Crippen molar-refractivity contribution in [3.05, 3.63) is 65.2 Å². The highest BCUT2D eigenvalue weighted by Gasteiger charge is 2.15. The molecule has 2 aromatic rings. The Hall–Kier alpha value is -2.82. The Labute approximate surface area is 160 Å². The summed E-state index contributed by atoms with van der Waals surface area (Å²) in [4.78, 5) is 25.4. The maximum Gasteiger partial charge on any atom is 0.335 e. The van der Waals surface area contributed by atoms with Gasteiger partial charge in [-0.25, -0.2) is 4.79 Å². The van der Waals surface area contributed by atoms with E-state index in [9.17, 15) is 14.7 Å². The molecule has 0 aliphatic carbocycles. The first-order valence-electron chi connectivity index (χ1n) is 9.08.